The van der Waals surface area contributed by atoms with Crippen molar-refractivity contribution in [3.8, 4) is 0 Å². The van der Waals surface area contributed by atoms with E-state index in [4.69, 9.17) is 0 Å². The Morgan fingerprint density at radius 2 is 1.89 bits per heavy atom. The Kier molecular flexibility index (Phi) is 9.00. The average molecular weight is 127 g/mol. The largest absolute Gasteiger partial charge is 0.367 e. The number of hydrogen-bond acceptors (Lipinski definition) is 0. The van der Waals surface area contributed by atoms with Crippen molar-refractivity contribution in [3.05, 3.63) is 24.0 Å². The first-order chi connectivity index (χ1) is 3.89. The molecule has 0 amide bonds. The van der Waals surface area contributed by atoms with E-state index in [-0.39, 0.29) is 7.43 Å². The summed E-state index contributed by atoms with van der Waals surface area (Å²) in [6, 6.07) is 2.03. The van der Waals surface area contributed by atoms with Crippen molar-refractivity contribution in [2.24, 2.45) is 0 Å². The lowest BCUT2D eigenvalue weighted by atomic mass is 10.4. The summed E-state index contributed by atoms with van der Waals surface area (Å²) >= 11 is 0. The first-order valence-corrected chi connectivity index (χ1v) is 2.99. The van der Waals surface area contributed by atoms with Gasteiger partial charge in [0.2, 0.25) is 0 Å². The van der Waals surface area contributed by atoms with Crippen molar-refractivity contribution >= 4 is 0 Å². The van der Waals surface area contributed by atoms with Crippen LogP contribution >= 0.6 is 0 Å². The van der Waals surface area contributed by atoms with Gasteiger partial charge >= 0.3 is 0 Å². The molecule has 54 valence electrons. The number of rotatable bonds is 0. The topological polar surface area (TPSA) is 15.8 Å². The van der Waals surface area contributed by atoms with Crippen LogP contribution in [-0.4, -0.2) is 4.98 Å². The number of aryl methyl sites for hydroxylation is 1. The number of aromatic nitrogens is 1. The molecule has 0 unspecified atom stereocenters. The molecule has 0 radical (unpaired) electrons. The van der Waals surface area contributed by atoms with E-state index in [1.807, 2.05) is 32.3 Å². The van der Waals surface area contributed by atoms with Crippen molar-refractivity contribution in [3.63, 3.8) is 0 Å². The van der Waals surface area contributed by atoms with Crippen LogP contribution in [0.1, 0.15) is 26.8 Å². The van der Waals surface area contributed by atoms with Crippen LogP contribution in [-0.2, 0) is 0 Å². The first-order valence-electron chi connectivity index (χ1n) is 2.99. The fourth-order valence-electron chi connectivity index (χ4n) is 0.407. The normalized spacial score (nSPS) is 6.56. The smallest absolute Gasteiger partial charge is 0.00345 e. The second-order valence-corrected chi connectivity index (χ2v) is 1.39. The lowest BCUT2D eigenvalue weighted by Gasteiger charge is -1.65. The van der Waals surface area contributed by atoms with Crippen molar-refractivity contribution in [2.75, 3.05) is 0 Å². The van der Waals surface area contributed by atoms with Crippen molar-refractivity contribution in [2.45, 2.75) is 28.2 Å². The monoisotopic (exact) mass is 127 g/mol. The van der Waals surface area contributed by atoms with E-state index >= 15 is 0 Å². The van der Waals surface area contributed by atoms with E-state index < -0.39 is 0 Å². The molecule has 0 saturated heterocycles. The molecule has 1 N–H and O–H groups in total. The summed E-state index contributed by atoms with van der Waals surface area (Å²) in [6.07, 6.45) is 3.87. The zero-order valence-corrected chi connectivity index (χ0v) is 5.73. The molecule has 1 aromatic rings. The molecule has 0 saturated carbocycles. The van der Waals surface area contributed by atoms with E-state index in [2.05, 4.69) is 11.9 Å². The second kappa shape index (κ2) is 7.28. The molecule has 0 aliphatic carbocycles. The number of hydrogen-bond donors (Lipinski definition) is 1. The Bertz CT molecular complexity index is 108. The van der Waals surface area contributed by atoms with E-state index in [9.17, 15) is 0 Å². The number of aromatic amines is 1. The predicted octanol–water partition coefficient (Wildman–Crippen LogP) is 2.99. The van der Waals surface area contributed by atoms with Crippen LogP contribution in [0.15, 0.2) is 18.5 Å². The third-order valence-electron chi connectivity index (χ3n) is 0.753. The molecule has 0 spiro atoms. The van der Waals surface area contributed by atoms with Gasteiger partial charge in [-0.15, -0.1) is 0 Å². The molecule has 1 rings (SSSR count). The van der Waals surface area contributed by atoms with Crippen molar-refractivity contribution in [1.29, 1.82) is 0 Å². The minimum absolute atomic E-state index is 0. The van der Waals surface area contributed by atoms with Gasteiger partial charge in [-0.3, -0.25) is 0 Å². The van der Waals surface area contributed by atoms with E-state index in [1.54, 1.807) is 0 Å². The van der Waals surface area contributed by atoms with Crippen molar-refractivity contribution < 1.29 is 0 Å². The third-order valence-corrected chi connectivity index (χ3v) is 0.753. The van der Waals surface area contributed by atoms with Gasteiger partial charge in [0, 0.05) is 12.4 Å². The van der Waals surface area contributed by atoms with E-state index in [0.29, 0.717) is 0 Å². The fourth-order valence-corrected chi connectivity index (χ4v) is 0.407. The highest BCUT2D eigenvalue weighted by Gasteiger charge is 1.73. The van der Waals surface area contributed by atoms with Crippen molar-refractivity contribution in [1.82, 2.24) is 4.98 Å². The van der Waals surface area contributed by atoms with Crippen LogP contribution in [0, 0.1) is 6.92 Å². The molecule has 0 bridgehead atoms. The summed E-state index contributed by atoms with van der Waals surface area (Å²) in [5.74, 6) is 0. The van der Waals surface area contributed by atoms with Gasteiger partial charge in [0.1, 0.15) is 0 Å². The van der Waals surface area contributed by atoms with Crippen LogP contribution in [0.25, 0.3) is 0 Å². The molecule has 1 aromatic heterocycles. The summed E-state index contributed by atoms with van der Waals surface area (Å²) < 4.78 is 0. The number of nitrogens with one attached hydrogen (secondary N) is 1. The summed E-state index contributed by atoms with van der Waals surface area (Å²) in [6.45, 7) is 6.05. The SMILES string of the molecule is C.CC.Cc1cc[nH]c1. The van der Waals surface area contributed by atoms with Gasteiger partial charge in [-0.1, -0.05) is 21.3 Å². The zero-order chi connectivity index (χ0) is 6.41. The molecule has 9 heavy (non-hydrogen) atoms. The maximum absolute atomic E-state index is 2.93. The first kappa shape index (κ1) is 11.1. The van der Waals surface area contributed by atoms with E-state index in [0.717, 1.165) is 0 Å². The lowest BCUT2D eigenvalue weighted by molar-refractivity contribution is 1.39. The third kappa shape index (κ3) is 5.15. The summed E-state index contributed by atoms with van der Waals surface area (Å²) in [4.78, 5) is 2.93. The Morgan fingerprint density at radius 3 is 2.00 bits per heavy atom. The van der Waals surface area contributed by atoms with Crippen LogP contribution in [0.4, 0.5) is 0 Å². The summed E-state index contributed by atoms with van der Waals surface area (Å²) in [7, 11) is 0. The number of H-pyrrole nitrogens is 1. The average Bonchev–Trinajstić information content (AvgIpc) is 2.24. The van der Waals surface area contributed by atoms with Crippen LogP contribution in [0.5, 0.6) is 0 Å². The van der Waals surface area contributed by atoms with E-state index in [1.165, 1.54) is 5.56 Å². The van der Waals surface area contributed by atoms with Crippen LogP contribution in [0.3, 0.4) is 0 Å². The second-order valence-electron chi connectivity index (χ2n) is 1.39. The Hall–Kier alpha value is -0.720. The summed E-state index contributed by atoms with van der Waals surface area (Å²) in [5, 5.41) is 0. The van der Waals surface area contributed by atoms with Gasteiger partial charge in [-0.25, -0.2) is 0 Å². The molecule has 0 aliphatic rings. The highest BCUT2D eigenvalue weighted by molar-refractivity contribution is 5.03. The zero-order valence-electron chi connectivity index (χ0n) is 5.73. The standard InChI is InChI=1S/C5H7N.C2H6.CH4/c1-5-2-3-6-4-5;1-2;/h2-4,6H,1H3;1-2H3;1H4. The molecular formula is C8H17N. The Balaban J connectivity index is 0. The van der Waals surface area contributed by atoms with Gasteiger partial charge < -0.3 is 4.98 Å². The van der Waals surface area contributed by atoms with Crippen LogP contribution in [0.2, 0.25) is 0 Å². The molecule has 0 fully saturated rings. The molecule has 1 heterocycles. The van der Waals surface area contributed by atoms with Crippen LogP contribution < -0.4 is 0 Å². The quantitative estimate of drug-likeness (QED) is 0.551. The highest BCUT2D eigenvalue weighted by Crippen LogP contribution is 1.88. The van der Waals surface area contributed by atoms with Gasteiger partial charge in [-0.2, -0.15) is 0 Å². The minimum Gasteiger partial charge on any atom is -0.367 e. The highest BCUT2D eigenvalue weighted by atomic mass is 14.6. The van der Waals surface area contributed by atoms with Gasteiger partial charge in [0.25, 0.3) is 0 Å². The maximum Gasteiger partial charge on any atom is 0.00345 e. The molecule has 1 nitrogen and oxygen atoms in total. The Morgan fingerprint density at radius 1 is 1.33 bits per heavy atom. The van der Waals surface area contributed by atoms with Gasteiger partial charge in [0.05, 0.1) is 0 Å². The molecule has 1 heteroatoms. The molecule has 0 aromatic carbocycles. The maximum atomic E-state index is 2.93. The molecule has 0 aliphatic heterocycles. The predicted molar refractivity (Wildman–Crippen MR) is 43.6 cm³/mol. The molecular weight excluding hydrogens is 110 g/mol. The van der Waals surface area contributed by atoms with Gasteiger partial charge in [-0.05, 0) is 18.6 Å². The fraction of sp³-hybridized carbons (Fsp3) is 0.500. The van der Waals surface area contributed by atoms with Gasteiger partial charge in [0.15, 0.2) is 0 Å². The summed E-state index contributed by atoms with van der Waals surface area (Å²) in [5.41, 5.74) is 1.29. The Labute approximate surface area is 58.1 Å². The lowest BCUT2D eigenvalue weighted by Crippen LogP contribution is -1.50. The molecule has 0 atom stereocenters. The minimum atomic E-state index is 0.